The second-order valence-corrected chi connectivity index (χ2v) is 16.9. The second kappa shape index (κ2) is 19.1. The van der Waals surface area contributed by atoms with Gasteiger partial charge in [0.15, 0.2) is 22.8 Å². The molecule has 2 aromatic rings. The largest absolute Gasteiger partial charge is 1.00 e. The van der Waals surface area contributed by atoms with Crippen LogP contribution in [0.4, 0.5) is 5.82 Å². The second-order valence-electron chi connectivity index (χ2n) is 11.4. The van der Waals surface area contributed by atoms with Crippen LogP contribution in [0.2, 0.25) is 0 Å². The van der Waals surface area contributed by atoms with Gasteiger partial charge in [0, 0.05) is 37.6 Å². The quantitative estimate of drug-likeness (QED) is 0.0374. The molecule has 0 spiro atoms. The van der Waals surface area contributed by atoms with Crippen LogP contribution in [0.25, 0.3) is 11.2 Å². The third-order valence-corrected chi connectivity index (χ3v) is 10.7. The van der Waals surface area contributed by atoms with Crippen LogP contribution < -0.4 is 40.1 Å². The summed E-state index contributed by atoms with van der Waals surface area (Å²) in [6.07, 6.45) is -7.08. The van der Waals surface area contributed by atoms with E-state index in [9.17, 15) is 57.9 Å². The van der Waals surface area contributed by atoms with Gasteiger partial charge < -0.3 is 55.4 Å². The van der Waals surface area contributed by atoms with Gasteiger partial charge in [-0.05, 0) is 0 Å². The van der Waals surface area contributed by atoms with E-state index in [0.717, 1.165) is 29.0 Å². The zero-order chi connectivity index (χ0) is 38.4. The van der Waals surface area contributed by atoms with E-state index in [-0.39, 0.29) is 60.5 Å². The Morgan fingerprint density at radius 1 is 1.12 bits per heavy atom. The van der Waals surface area contributed by atoms with E-state index in [1.807, 2.05) is 0 Å². The monoisotopic (exact) mass is 815 g/mol. The smallest absolute Gasteiger partial charge is 0.756 e. The van der Waals surface area contributed by atoms with Crippen molar-refractivity contribution in [1.29, 1.82) is 0 Å². The van der Waals surface area contributed by atoms with Crippen molar-refractivity contribution in [2.75, 3.05) is 37.8 Å². The summed E-state index contributed by atoms with van der Waals surface area (Å²) in [5, 5.41) is 26.0. The molecule has 9 N–H and O–H groups in total. The van der Waals surface area contributed by atoms with Crippen molar-refractivity contribution in [3.8, 4) is 0 Å². The summed E-state index contributed by atoms with van der Waals surface area (Å²) in [7, 11) is -16.6. The fourth-order valence-corrected chi connectivity index (χ4v) is 7.63. The number of anilines is 1. The van der Waals surface area contributed by atoms with Crippen molar-refractivity contribution >= 4 is 69.1 Å². The van der Waals surface area contributed by atoms with E-state index >= 15 is 0 Å². The molecular weight excluding hydrogens is 778 g/mol. The summed E-state index contributed by atoms with van der Waals surface area (Å²) < 4.78 is 61.5. The number of carbonyl (C=O) groups excluding carboxylic acids is 3. The van der Waals surface area contributed by atoms with Gasteiger partial charge in [-0.25, -0.2) is 24.1 Å². The number of nitrogens with two attached hydrogens (primary N) is 1. The fourth-order valence-electron chi connectivity index (χ4n) is 4.32. The Morgan fingerprint density at radius 2 is 1.77 bits per heavy atom. The number of rotatable bonds is 19. The molecule has 52 heavy (non-hydrogen) atoms. The molecule has 3 rings (SSSR count). The van der Waals surface area contributed by atoms with Crippen LogP contribution in [0.1, 0.15) is 33.4 Å². The molecule has 2 aromatic heterocycles. The number of aromatic nitrogens is 4. The molecule has 24 nitrogen and oxygen atoms in total. The van der Waals surface area contributed by atoms with Crippen molar-refractivity contribution in [1.82, 2.24) is 30.2 Å². The number of thioether (sulfide) groups is 1. The predicted molar refractivity (Wildman–Crippen MR) is 171 cm³/mol. The van der Waals surface area contributed by atoms with Crippen LogP contribution in [0.15, 0.2) is 12.7 Å². The summed E-state index contributed by atoms with van der Waals surface area (Å²) in [4.78, 5) is 87.9. The van der Waals surface area contributed by atoms with Gasteiger partial charge in [-0.15, -0.1) is 0 Å². The number of nitrogens with zero attached hydrogens (tertiary/aromatic N) is 4. The van der Waals surface area contributed by atoms with Gasteiger partial charge >= 0.3 is 34.5 Å². The first kappa shape index (κ1) is 46.3. The van der Waals surface area contributed by atoms with Crippen molar-refractivity contribution in [2.45, 2.75) is 57.8 Å². The van der Waals surface area contributed by atoms with Crippen molar-refractivity contribution in [3.63, 3.8) is 0 Å². The molecule has 29 heteroatoms. The Hall–Kier alpha value is -1.84. The Balaban J connectivity index is 0.00000936. The number of phosphoric acid groups is 3. The van der Waals surface area contributed by atoms with Crippen LogP contribution >= 0.6 is 35.2 Å². The molecule has 0 aromatic carbocycles. The first-order chi connectivity index (χ1) is 23.5. The first-order valence-corrected chi connectivity index (χ1v) is 20.0. The minimum absolute atomic E-state index is 0. The summed E-state index contributed by atoms with van der Waals surface area (Å²) in [5.41, 5.74) is 4.22. The standard InChI is InChI=1S/C23H38N7O17P3S.Li/c1-12(31)51-7-6-25-14(32)4-5-26-21(35)18(34)23(2,3)9-44-50(41,42)47-49(39,40)43-8-13-17(46-48(36,37)38)16(33)22(45-13)30-11-29-15-19(24)27-10-28-20(15)30;/h10-11,13,16-18,22,33-34H,4-9H2,1-3H3,(H,25,32)(H,26,35)(H,39,40)(H,41,42)(H2,24,27,28)(H2,36,37,38);/q;+1/p-1/t13-,16-,17-,18+,22-;/m1./s1. The predicted octanol–water partition coefficient (Wildman–Crippen LogP) is -4.94. The first-order valence-electron chi connectivity index (χ1n) is 14.5. The van der Waals surface area contributed by atoms with Gasteiger partial charge in [-0.1, -0.05) is 25.6 Å². The van der Waals surface area contributed by atoms with E-state index in [4.69, 9.17) is 19.5 Å². The number of hydrogen-bond acceptors (Lipinski definition) is 19. The minimum atomic E-state index is -5.57. The molecule has 1 fully saturated rings. The molecule has 3 heterocycles. The number of hydrogen-bond donors (Lipinski definition) is 8. The van der Waals surface area contributed by atoms with Crippen molar-refractivity contribution in [3.05, 3.63) is 12.7 Å². The number of nitrogens with one attached hydrogen (secondary N) is 2. The zero-order valence-electron chi connectivity index (χ0n) is 28.0. The number of phosphoric ester groups is 3. The number of fused-ring (bicyclic) bond motifs is 1. The Labute approximate surface area is 311 Å². The number of aliphatic hydroxyl groups excluding tert-OH is 2. The Kier molecular flexibility index (Phi) is 17.1. The summed E-state index contributed by atoms with van der Waals surface area (Å²) >= 11 is 1.02. The number of carbonyl (C=O) groups is 3. The molecule has 0 aliphatic carbocycles. The maximum atomic E-state index is 12.6. The van der Waals surface area contributed by atoms with Gasteiger partial charge in [0.2, 0.25) is 11.8 Å². The van der Waals surface area contributed by atoms with Gasteiger partial charge in [0.25, 0.3) is 7.82 Å². The SMILES string of the molecule is CC(=O)SCCNC(=O)CCNC(=O)[C@H](O)C(C)(C)COP(=O)(O)OP(=O)(O)OC[C@H]1O[C@@H](n2cnc3c(N)ncnc32)[C@H](O)[C@@H]1OP(=O)([O-])O.[Li+]. The van der Waals surface area contributed by atoms with E-state index in [2.05, 4.69) is 34.4 Å². The van der Waals surface area contributed by atoms with Crippen molar-refractivity contribution < 1.29 is 99.3 Å². The molecule has 0 bridgehead atoms. The molecule has 3 unspecified atom stereocenters. The molecular formula is C23H37LiN7O17P3S. The van der Waals surface area contributed by atoms with Gasteiger partial charge in [0.05, 0.1) is 19.5 Å². The third-order valence-electron chi connectivity index (χ3n) is 6.80. The van der Waals surface area contributed by atoms with E-state index < -0.39 is 84.6 Å². The summed E-state index contributed by atoms with van der Waals surface area (Å²) in [5.74, 6) is -1.10. The normalized spacial score (nSPS) is 23.1. The topological polar surface area (TPSA) is 366 Å². The molecule has 8 atom stereocenters. The summed E-state index contributed by atoms with van der Waals surface area (Å²) in [6.45, 7) is 1.85. The number of amides is 2. The minimum Gasteiger partial charge on any atom is -0.756 e. The molecule has 0 saturated carbocycles. The van der Waals surface area contributed by atoms with Crippen LogP contribution in [0.3, 0.4) is 0 Å². The average molecular weight is 816 g/mol. The number of nitrogen functional groups attached to an aromatic ring is 1. The van der Waals surface area contributed by atoms with E-state index in [1.54, 1.807) is 0 Å². The molecule has 1 aliphatic heterocycles. The third kappa shape index (κ3) is 13.8. The maximum absolute atomic E-state index is 12.6. The molecule has 288 valence electrons. The number of ether oxygens (including phenoxy) is 1. The van der Waals surface area contributed by atoms with Gasteiger partial charge in [-0.3, -0.25) is 32.6 Å². The van der Waals surface area contributed by atoms with Gasteiger partial charge in [-0.2, -0.15) is 4.31 Å². The Bertz CT molecular complexity index is 1720. The Morgan fingerprint density at radius 3 is 2.40 bits per heavy atom. The maximum Gasteiger partial charge on any atom is 1.00 e. The van der Waals surface area contributed by atoms with Crippen molar-refractivity contribution in [2.24, 2.45) is 5.41 Å². The average Bonchev–Trinajstić information content (AvgIpc) is 3.57. The van der Waals surface area contributed by atoms with Gasteiger partial charge in [0.1, 0.15) is 36.3 Å². The number of aliphatic hydroxyl groups is 2. The van der Waals surface area contributed by atoms with E-state index in [0.29, 0.717) is 5.75 Å². The van der Waals surface area contributed by atoms with Crippen LogP contribution in [-0.4, -0.2) is 118 Å². The molecule has 1 saturated heterocycles. The fraction of sp³-hybridized carbons (Fsp3) is 0.652. The summed E-state index contributed by atoms with van der Waals surface area (Å²) in [6, 6.07) is 0. The number of imidazole rings is 1. The van der Waals surface area contributed by atoms with Crippen LogP contribution in [0, 0.1) is 5.41 Å². The molecule has 1 aliphatic rings. The van der Waals surface area contributed by atoms with Crippen LogP contribution in [0.5, 0.6) is 0 Å². The zero-order valence-corrected chi connectivity index (χ0v) is 31.5. The molecule has 0 radical (unpaired) electrons. The molecule has 2 amide bonds. The van der Waals surface area contributed by atoms with E-state index in [1.165, 1.54) is 20.8 Å². The van der Waals surface area contributed by atoms with Crippen LogP contribution in [-0.2, 0) is 50.7 Å².